The summed E-state index contributed by atoms with van der Waals surface area (Å²) in [5, 5.41) is 3.51. The van der Waals surface area contributed by atoms with Crippen LogP contribution in [0.2, 0.25) is 0 Å². The number of nitrogens with one attached hydrogen (secondary N) is 1. The lowest BCUT2D eigenvalue weighted by Crippen LogP contribution is -2.28. The van der Waals surface area contributed by atoms with Crippen LogP contribution in [0.15, 0.2) is 22.7 Å². The highest BCUT2D eigenvalue weighted by Gasteiger charge is 2.26. The van der Waals surface area contributed by atoms with Crippen molar-refractivity contribution in [1.29, 1.82) is 0 Å². The number of benzene rings is 1. The SMILES string of the molecule is CNC(c1ccc(OC)c(Br)c1)C1CCC(C)CC1. The standard InChI is InChI=1S/C16H24BrNO/c1-11-4-6-12(7-5-11)16(18-2)13-8-9-15(19-3)14(17)10-13/h8-12,16,18H,4-7H2,1-3H3. The molecule has 2 nitrogen and oxygen atoms in total. The Morgan fingerprint density at radius 3 is 2.47 bits per heavy atom. The zero-order chi connectivity index (χ0) is 13.8. The zero-order valence-corrected chi connectivity index (χ0v) is 13.7. The first-order chi connectivity index (χ1) is 9.15. The fourth-order valence-electron chi connectivity index (χ4n) is 3.17. The highest BCUT2D eigenvalue weighted by molar-refractivity contribution is 9.10. The van der Waals surface area contributed by atoms with Gasteiger partial charge in [0.25, 0.3) is 0 Å². The first-order valence-corrected chi connectivity index (χ1v) is 7.95. The summed E-state index contributed by atoms with van der Waals surface area (Å²) in [7, 11) is 3.78. The summed E-state index contributed by atoms with van der Waals surface area (Å²) in [4.78, 5) is 0. The molecule has 1 fully saturated rings. The second-order valence-corrected chi connectivity index (χ2v) is 6.53. The topological polar surface area (TPSA) is 21.3 Å². The normalized spacial score (nSPS) is 25.1. The molecule has 0 radical (unpaired) electrons. The van der Waals surface area contributed by atoms with Gasteiger partial charge >= 0.3 is 0 Å². The molecule has 0 spiro atoms. The largest absolute Gasteiger partial charge is 0.496 e. The molecule has 1 saturated carbocycles. The van der Waals surface area contributed by atoms with Gasteiger partial charge in [0.05, 0.1) is 11.6 Å². The molecule has 0 aliphatic heterocycles. The third-order valence-corrected chi connectivity index (χ3v) is 5.00. The molecule has 1 aliphatic carbocycles. The average Bonchev–Trinajstić information content (AvgIpc) is 2.42. The first kappa shape index (κ1) is 14.9. The smallest absolute Gasteiger partial charge is 0.133 e. The quantitative estimate of drug-likeness (QED) is 0.877. The lowest BCUT2D eigenvalue weighted by molar-refractivity contribution is 0.238. The molecule has 0 bridgehead atoms. The Morgan fingerprint density at radius 1 is 1.26 bits per heavy atom. The van der Waals surface area contributed by atoms with Gasteiger partial charge in [-0.15, -0.1) is 0 Å². The van der Waals surface area contributed by atoms with E-state index in [1.807, 2.05) is 0 Å². The Kier molecular flexibility index (Phi) is 5.28. The van der Waals surface area contributed by atoms with Gasteiger partial charge in [-0.3, -0.25) is 0 Å². The molecule has 1 N–H and O–H groups in total. The highest BCUT2D eigenvalue weighted by Crippen LogP contribution is 2.38. The Morgan fingerprint density at radius 2 is 1.95 bits per heavy atom. The second kappa shape index (κ2) is 6.76. The van der Waals surface area contributed by atoms with Crippen LogP contribution in [0.25, 0.3) is 0 Å². The van der Waals surface area contributed by atoms with Crippen molar-refractivity contribution < 1.29 is 4.74 Å². The van der Waals surface area contributed by atoms with E-state index >= 15 is 0 Å². The van der Waals surface area contributed by atoms with Crippen molar-refractivity contribution in [2.75, 3.05) is 14.2 Å². The minimum atomic E-state index is 0.453. The molecule has 106 valence electrons. The van der Waals surface area contributed by atoms with Crippen molar-refractivity contribution >= 4 is 15.9 Å². The van der Waals surface area contributed by atoms with Gasteiger partial charge in [-0.25, -0.2) is 0 Å². The van der Waals surface area contributed by atoms with Crippen molar-refractivity contribution in [3.8, 4) is 5.75 Å². The van der Waals surface area contributed by atoms with Crippen molar-refractivity contribution in [3.05, 3.63) is 28.2 Å². The highest BCUT2D eigenvalue weighted by atomic mass is 79.9. The van der Waals surface area contributed by atoms with Crippen LogP contribution in [0, 0.1) is 11.8 Å². The summed E-state index contributed by atoms with van der Waals surface area (Å²) in [5.74, 6) is 2.55. The fourth-order valence-corrected chi connectivity index (χ4v) is 3.73. The molecule has 1 atom stereocenters. The molecule has 0 aromatic heterocycles. The van der Waals surface area contributed by atoms with E-state index in [9.17, 15) is 0 Å². The summed E-state index contributed by atoms with van der Waals surface area (Å²) in [5.41, 5.74) is 1.36. The van der Waals surface area contributed by atoms with E-state index in [2.05, 4.69) is 53.4 Å². The molecule has 0 saturated heterocycles. The van der Waals surface area contributed by atoms with Crippen molar-refractivity contribution in [3.63, 3.8) is 0 Å². The van der Waals surface area contributed by atoms with Gasteiger partial charge in [-0.2, -0.15) is 0 Å². The van der Waals surface area contributed by atoms with Gasteiger partial charge in [0.1, 0.15) is 5.75 Å². The average molecular weight is 326 g/mol. The van der Waals surface area contributed by atoms with Crippen LogP contribution in [0.4, 0.5) is 0 Å². The number of hydrogen-bond acceptors (Lipinski definition) is 2. The van der Waals surface area contributed by atoms with Gasteiger partial charge < -0.3 is 10.1 Å². The molecule has 3 heteroatoms. The molecule has 1 aliphatic rings. The summed E-state index contributed by atoms with van der Waals surface area (Å²) in [6, 6.07) is 6.88. The van der Waals surface area contributed by atoms with Crippen LogP contribution in [-0.2, 0) is 0 Å². The molecule has 19 heavy (non-hydrogen) atoms. The molecular weight excluding hydrogens is 302 g/mol. The van der Waals surface area contributed by atoms with E-state index < -0.39 is 0 Å². The summed E-state index contributed by atoms with van der Waals surface area (Å²) >= 11 is 3.59. The van der Waals surface area contributed by atoms with Crippen LogP contribution in [0.1, 0.15) is 44.2 Å². The molecule has 1 unspecified atom stereocenters. The van der Waals surface area contributed by atoms with Crippen LogP contribution in [0.5, 0.6) is 5.75 Å². The Bertz CT molecular complexity index is 413. The maximum absolute atomic E-state index is 5.31. The monoisotopic (exact) mass is 325 g/mol. The van der Waals surface area contributed by atoms with E-state index in [4.69, 9.17) is 4.74 Å². The Labute approximate surface area is 125 Å². The third kappa shape index (κ3) is 3.51. The number of hydrogen-bond donors (Lipinski definition) is 1. The summed E-state index contributed by atoms with van der Waals surface area (Å²) in [6.07, 6.45) is 5.38. The van der Waals surface area contributed by atoms with Gasteiger partial charge in [0.15, 0.2) is 0 Å². The minimum Gasteiger partial charge on any atom is -0.496 e. The lowest BCUT2D eigenvalue weighted by atomic mass is 9.77. The minimum absolute atomic E-state index is 0.453. The number of rotatable bonds is 4. The van der Waals surface area contributed by atoms with Gasteiger partial charge in [0.2, 0.25) is 0 Å². The van der Waals surface area contributed by atoms with E-state index in [0.717, 1.165) is 22.1 Å². The van der Waals surface area contributed by atoms with Crippen LogP contribution >= 0.6 is 15.9 Å². The van der Waals surface area contributed by atoms with Crippen molar-refractivity contribution in [2.45, 2.75) is 38.6 Å². The maximum Gasteiger partial charge on any atom is 0.133 e. The van der Waals surface area contributed by atoms with E-state index in [-0.39, 0.29) is 0 Å². The van der Waals surface area contributed by atoms with Crippen LogP contribution < -0.4 is 10.1 Å². The number of halogens is 1. The lowest BCUT2D eigenvalue weighted by Gasteiger charge is -2.33. The molecular formula is C16H24BrNO. The number of methoxy groups -OCH3 is 1. The van der Waals surface area contributed by atoms with E-state index in [1.165, 1.54) is 31.2 Å². The van der Waals surface area contributed by atoms with Crippen molar-refractivity contribution in [1.82, 2.24) is 5.32 Å². The zero-order valence-electron chi connectivity index (χ0n) is 12.1. The fraction of sp³-hybridized carbons (Fsp3) is 0.625. The van der Waals surface area contributed by atoms with Gasteiger partial charge in [0, 0.05) is 6.04 Å². The second-order valence-electron chi connectivity index (χ2n) is 5.68. The summed E-state index contributed by atoms with van der Waals surface area (Å²) < 4.78 is 6.34. The molecule has 0 heterocycles. The van der Waals surface area contributed by atoms with E-state index in [0.29, 0.717) is 6.04 Å². The van der Waals surface area contributed by atoms with Gasteiger partial charge in [-0.1, -0.05) is 25.8 Å². The molecule has 1 aromatic rings. The molecule has 1 aromatic carbocycles. The third-order valence-electron chi connectivity index (χ3n) is 4.38. The predicted octanol–water partition coefficient (Wildman–Crippen LogP) is 4.54. The Balaban J connectivity index is 2.15. The maximum atomic E-state index is 5.31. The van der Waals surface area contributed by atoms with Gasteiger partial charge in [-0.05, 0) is 65.4 Å². The van der Waals surface area contributed by atoms with Crippen molar-refractivity contribution in [2.24, 2.45) is 11.8 Å². The predicted molar refractivity (Wildman–Crippen MR) is 83.6 cm³/mol. The van der Waals surface area contributed by atoms with E-state index in [1.54, 1.807) is 7.11 Å². The molecule has 2 rings (SSSR count). The Hall–Kier alpha value is -0.540. The summed E-state index contributed by atoms with van der Waals surface area (Å²) in [6.45, 7) is 2.37. The number of ether oxygens (including phenoxy) is 1. The van der Waals surface area contributed by atoms with Crippen LogP contribution in [0.3, 0.4) is 0 Å². The first-order valence-electron chi connectivity index (χ1n) is 7.16. The van der Waals surface area contributed by atoms with Crippen LogP contribution in [-0.4, -0.2) is 14.2 Å². The molecule has 0 amide bonds.